The van der Waals surface area contributed by atoms with Crippen LogP contribution in [0.3, 0.4) is 0 Å². The fourth-order valence-electron chi connectivity index (χ4n) is 1.77. The highest BCUT2D eigenvalue weighted by atomic mass is 16.1. The Bertz CT molecular complexity index is 246. The number of nitrogens with one attached hydrogen (secondary N) is 1. The summed E-state index contributed by atoms with van der Waals surface area (Å²) in [4.78, 5) is 16.5. The lowest BCUT2D eigenvalue weighted by atomic mass is 9.83. The Labute approximate surface area is 99.6 Å². The molecule has 0 unspecified atom stereocenters. The van der Waals surface area contributed by atoms with Crippen molar-refractivity contribution in [3.05, 3.63) is 0 Å². The molecule has 4 nitrogen and oxygen atoms in total. The van der Waals surface area contributed by atoms with E-state index in [1.165, 1.54) is 0 Å². The van der Waals surface area contributed by atoms with Crippen molar-refractivity contribution in [3.63, 3.8) is 0 Å². The number of nitrogens with zero attached hydrogens (tertiary/aromatic N) is 2. The summed E-state index contributed by atoms with van der Waals surface area (Å²) >= 11 is 0. The zero-order valence-corrected chi connectivity index (χ0v) is 11.5. The summed E-state index contributed by atoms with van der Waals surface area (Å²) in [6.45, 7) is 14.5. The normalized spacial score (nSPS) is 12.1. The molecule has 0 aliphatic heterocycles. The highest BCUT2D eigenvalue weighted by Gasteiger charge is 2.32. The number of isocyanates is 1. The smallest absolute Gasteiger partial charge is 0.316 e. The van der Waals surface area contributed by atoms with Gasteiger partial charge < -0.3 is 10.0 Å². The lowest BCUT2D eigenvalue weighted by molar-refractivity contribution is 0.289. The first kappa shape index (κ1) is 15.4. The van der Waals surface area contributed by atoms with Crippen LogP contribution in [0.2, 0.25) is 0 Å². The van der Waals surface area contributed by atoms with Gasteiger partial charge in [0.2, 0.25) is 6.08 Å². The summed E-state index contributed by atoms with van der Waals surface area (Å²) in [7, 11) is -0.308. The molecule has 0 rings (SSSR count). The van der Waals surface area contributed by atoms with Gasteiger partial charge in [0.25, 0.3) is 0 Å². The average Bonchev–Trinajstić information content (AvgIpc) is 1.99. The van der Waals surface area contributed by atoms with E-state index in [2.05, 4.69) is 63.4 Å². The highest BCUT2D eigenvalue weighted by molar-refractivity contribution is 6.52. The van der Waals surface area contributed by atoms with E-state index < -0.39 is 0 Å². The van der Waals surface area contributed by atoms with E-state index in [9.17, 15) is 4.79 Å². The number of hydrogen-bond acceptors (Lipinski definition) is 4. The van der Waals surface area contributed by atoms with Gasteiger partial charge in [-0.2, -0.15) is 0 Å². The predicted octanol–water partition coefficient (Wildman–Crippen LogP) is 1.81. The molecule has 0 aliphatic rings. The Morgan fingerprint density at radius 3 is 1.88 bits per heavy atom. The van der Waals surface area contributed by atoms with Crippen molar-refractivity contribution >= 4 is 13.2 Å². The molecular formula is C11H24BN3O. The van der Waals surface area contributed by atoms with Crippen LogP contribution in [-0.4, -0.2) is 35.6 Å². The Hall–Kier alpha value is -0.635. The summed E-state index contributed by atoms with van der Waals surface area (Å²) in [5, 5.41) is 3.32. The Balaban J connectivity index is 4.93. The zero-order valence-electron chi connectivity index (χ0n) is 11.5. The molecule has 0 atom stereocenters. The molecule has 0 amide bonds. The summed E-state index contributed by atoms with van der Waals surface area (Å²) in [6, 6.07) is 0.633. The van der Waals surface area contributed by atoms with E-state index in [1.54, 1.807) is 6.08 Å². The van der Waals surface area contributed by atoms with Crippen LogP contribution in [-0.2, 0) is 4.79 Å². The van der Waals surface area contributed by atoms with Crippen LogP contribution in [0.15, 0.2) is 4.90 Å². The summed E-state index contributed by atoms with van der Waals surface area (Å²) < 4.78 is 0. The molecule has 0 radical (unpaired) electrons. The molecule has 0 aromatic rings. The van der Waals surface area contributed by atoms with Gasteiger partial charge in [-0.3, -0.25) is 0 Å². The van der Waals surface area contributed by atoms with Gasteiger partial charge in [0.15, 0.2) is 0 Å². The second kappa shape index (κ2) is 6.19. The standard InChI is InChI=1S/C11H24BN3O/c1-9(2)15(10(3)4)12(13-8-16)14-11(5,6)7/h9-10,14H,1-7H3. The molecule has 0 saturated carbocycles. The van der Waals surface area contributed by atoms with Crippen LogP contribution in [0.5, 0.6) is 0 Å². The molecule has 0 bridgehead atoms. The van der Waals surface area contributed by atoms with Crippen LogP contribution < -0.4 is 5.23 Å². The molecule has 0 saturated heterocycles. The van der Waals surface area contributed by atoms with Crippen molar-refractivity contribution < 1.29 is 4.79 Å². The lowest BCUT2D eigenvalue weighted by Gasteiger charge is -2.36. The third-order valence-corrected chi connectivity index (χ3v) is 2.21. The van der Waals surface area contributed by atoms with Crippen LogP contribution in [0.25, 0.3) is 0 Å². The third kappa shape index (κ3) is 5.45. The summed E-state index contributed by atoms with van der Waals surface area (Å²) in [6.07, 6.45) is 1.65. The van der Waals surface area contributed by atoms with Gasteiger partial charge in [0, 0.05) is 5.54 Å². The zero-order chi connectivity index (χ0) is 12.9. The van der Waals surface area contributed by atoms with Crippen LogP contribution >= 0.6 is 0 Å². The van der Waals surface area contributed by atoms with Crippen molar-refractivity contribution in [3.8, 4) is 0 Å². The Kier molecular flexibility index (Phi) is 5.94. The fraction of sp³-hybridized carbons (Fsp3) is 0.909. The second-order valence-corrected chi connectivity index (χ2v) is 5.62. The van der Waals surface area contributed by atoms with Crippen molar-refractivity contribution in [2.45, 2.75) is 66.1 Å². The quantitative estimate of drug-likeness (QED) is 0.441. The predicted molar refractivity (Wildman–Crippen MR) is 68.9 cm³/mol. The first-order valence-corrected chi connectivity index (χ1v) is 5.81. The molecule has 0 heterocycles. The topological polar surface area (TPSA) is 44.7 Å². The molecule has 0 spiro atoms. The fourth-order valence-corrected chi connectivity index (χ4v) is 1.77. The first-order chi connectivity index (χ1) is 7.19. The SMILES string of the molecule is CC(C)N(B(N=C=O)NC(C)(C)C)C(C)C. The van der Waals surface area contributed by atoms with E-state index >= 15 is 0 Å². The van der Waals surface area contributed by atoms with E-state index in [-0.39, 0.29) is 12.7 Å². The molecule has 0 aromatic heterocycles. The lowest BCUT2D eigenvalue weighted by Crippen LogP contribution is -2.60. The van der Waals surface area contributed by atoms with Crippen molar-refractivity contribution in [2.75, 3.05) is 0 Å². The van der Waals surface area contributed by atoms with E-state index in [4.69, 9.17) is 0 Å². The summed E-state index contributed by atoms with van der Waals surface area (Å²) in [5.74, 6) is 0. The van der Waals surface area contributed by atoms with E-state index in [0.29, 0.717) is 12.1 Å². The van der Waals surface area contributed by atoms with Crippen LogP contribution in [0, 0.1) is 0 Å². The number of hydrogen-bond donors (Lipinski definition) is 1. The molecule has 1 N–H and O–H groups in total. The second-order valence-electron chi connectivity index (χ2n) is 5.62. The number of rotatable bonds is 5. The molecule has 92 valence electrons. The van der Waals surface area contributed by atoms with Gasteiger partial charge in [-0.1, -0.05) is 27.7 Å². The largest absolute Gasteiger partial charge is 0.465 e. The van der Waals surface area contributed by atoms with Gasteiger partial charge in [0.05, 0.1) is 0 Å². The van der Waals surface area contributed by atoms with E-state index in [0.717, 1.165) is 0 Å². The van der Waals surface area contributed by atoms with Gasteiger partial charge in [0.1, 0.15) is 0 Å². The maximum atomic E-state index is 10.5. The van der Waals surface area contributed by atoms with Crippen molar-refractivity contribution in [2.24, 2.45) is 4.90 Å². The Morgan fingerprint density at radius 1 is 1.19 bits per heavy atom. The van der Waals surface area contributed by atoms with Gasteiger partial charge in [-0.15, -0.1) is 0 Å². The van der Waals surface area contributed by atoms with Gasteiger partial charge in [-0.25, -0.2) is 9.70 Å². The number of carbonyl (C=O) groups excluding carboxylic acids is 1. The molecule has 0 aliphatic carbocycles. The van der Waals surface area contributed by atoms with Gasteiger partial charge >= 0.3 is 7.12 Å². The molecule has 0 aromatic carbocycles. The average molecular weight is 225 g/mol. The van der Waals surface area contributed by atoms with Crippen LogP contribution in [0.4, 0.5) is 0 Å². The van der Waals surface area contributed by atoms with Crippen molar-refractivity contribution in [1.82, 2.24) is 10.0 Å². The molecule has 16 heavy (non-hydrogen) atoms. The monoisotopic (exact) mass is 225 g/mol. The minimum Gasteiger partial charge on any atom is -0.316 e. The van der Waals surface area contributed by atoms with Crippen LogP contribution in [0.1, 0.15) is 48.5 Å². The maximum absolute atomic E-state index is 10.5. The minimum absolute atomic E-state index is 0.0902. The molecular weight excluding hydrogens is 201 g/mol. The first-order valence-electron chi connectivity index (χ1n) is 5.81. The maximum Gasteiger partial charge on any atom is 0.465 e. The van der Waals surface area contributed by atoms with Gasteiger partial charge in [-0.05, 0) is 32.9 Å². The van der Waals surface area contributed by atoms with Crippen molar-refractivity contribution in [1.29, 1.82) is 0 Å². The minimum atomic E-state index is -0.308. The van der Waals surface area contributed by atoms with E-state index in [1.807, 2.05) is 0 Å². The Morgan fingerprint density at radius 2 is 1.62 bits per heavy atom. The highest BCUT2D eigenvalue weighted by Crippen LogP contribution is 2.10. The summed E-state index contributed by atoms with van der Waals surface area (Å²) in [5.41, 5.74) is -0.0902. The third-order valence-electron chi connectivity index (χ3n) is 2.21. The molecule has 0 fully saturated rings. The molecule has 5 heteroatoms.